The molecular formula is C27H28N2O2S. The average Bonchev–Trinajstić information content (AvgIpc) is 3.53. The summed E-state index contributed by atoms with van der Waals surface area (Å²) in [4.78, 5) is 32.1. The first kappa shape index (κ1) is 21.0. The van der Waals surface area contributed by atoms with E-state index < -0.39 is 0 Å². The zero-order valence-corrected chi connectivity index (χ0v) is 19.4. The Morgan fingerprint density at radius 1 is 1.00 bits per heavy atom. The molecule has 5 heteroatoms. The molecule has 0 N–H and O–H groups in total. The van der Waals surface area contributed by atoms with Gasteiger partial charge in [0, 0.05) is 23.0 Å². The second kappa shape index (κ2) is 8.55. The van der Waals surface area contributed by atoms with Gasteiger partial charge in [-0.1, -0.05) is 42.0 Å². The van der Waals surface area contributed by atoms with Crippen LogP contribution in [0.1, 0.15) is 56.4 Å². The number of carbonyl (C=O) groups is 2. The van der Waals surface area contributed by atoms with E-state index in [1.165, 1.54) is 21.6 Å². The van der Waals surface area contributed by atoms with E-state index in [0.29, 0.717) is 12.1 Å². The predicted octanol–water partition coefficient (Wildman–Crippen LogP) is 5.14. The van der Waals surface area contributed by atoms with Crippen LogP contribution in [0.4, 0.5) is 0 Å². The molecule has 0 spiro atoms. The number of hydrogen-bond donors (Lipinski definition) is 0. The van der Waals surface area contributed by atoms with Crippen molar-refractivity contribution in [3.8, 4) is 0 Å². The summed E-state index contributed by atoms with van der Waals surface area (Å²) in [6.45, 7) is 4.94. The SMILES string of the molecule is Cc1ccc(C(=O)N(CC(=O)N2CCc3sccc3C2c2ccccc2C)C2CC2)cc1. The van der Waals surface area contributed by atoms with Gasteiger partial charge >= 0.3 is 0 Å². The third-order valence-corrected chi connectivity index (χ3v) is 7.62. The van der Waals surface area contributed by atoms with Crippen molar-refractivity contribution in [1.82, 2.24) is 9.80 Å². The molecule has 3 aromatic rings. The molecular weight excluding hydrogens is 416 g/mol. The van der Waals surface area contributed by atoms with E-state index in [2.05, 4.69) is 30.5 Å². The van der Waals surface area contributed by atoms with E-state index >= 15 is 0 Å². The number of fused-ring (bicyclic) bond motifs is 1. The van der Waals surface area contributed by atoms with Crippen molar-refractivity contribution in [2.45, 2.75) is 45.2 Å². The number of amides is 2. The van der Waals surface area contributed by atoms with Gasteiger partial charge in [-0.25, -0.2) is 0 Å². The van der Waals surface area contributed by atoms with Crippen molar-refractivity contribution in [2.75, 3.05) is 13.1 Å². The summed E-state index contributed by atoms with van der Waals surface area (Å²) in [6.07, 6.45) is 2.82. The standard InChI is InChI=1S/C27H28N2O2S/c1-18-7-9-20(10-8-18)27(31)29(21-11-12-21)17-25(30)28-15-13-24-23(14-16-32-24)26(28)22-6-4-3-5-19(22)2/h3-10,14,16,21,26H,11-13,15,17H2,1-2H3. The summed E-state index contributed by atoms with van der Waals surface area (Å²) < 4.78 is 0. The number of hydrogen-bond acceptors (Lipinski definition) is 3. The van der Waals surface area contributed by atoms with Crippen molar-refractivity contribution in [3.63, 3.8) is 0 Å². The van der Waals surface area contributed by atoms with Gasteiger partial charge in [0.2, 0.25) is 5.91 Å². The summed E-state index contributed by atoms with van der Waals surface area (Å²) in [5.74, 6) is -0.0102. The van der Waals surface area contributed by atoms with E-state index in [4.69, 9.17) is 0 Å². The molecule has 5 rings (SSSR count). The normalized spacial score (nSPS) is 17.7. The monoisotopic (exact) mass is 444 g/mol. The number of benzene rings is 2. The van der Waals surface area contributed by atoms with E-state index in [-0.39, 0.29) is 30.4 Å². The van der Waals surface area contributed by atoms with Crippen LogP contribution in [0.5, 0.6) is 0 Å². The number of aryl methyl sites for hydroxylation is 2. The minimum Gasteiger partial charge on any atom is -0.330 e. The van der Waals surface area contributed by atoms with E-state index in [0.717, 1.165) is 24.8 Å². The quantitative estimate of drug-likeness (QED) is 0.546. The minimum atomic E-state index is -0.0887. The molecule has 2 amide bonds. The fraction of sp³-hybridized carbons (Fsp3) is 0.333. The van der Waals surface area contributed by atoms with Crippen LogP contribution in [0.3, 0.4) is 0 Å². The number of thiophene rings is 1. The molecule has 1 unspecified atom stereocenters. The average molecular weight is 445 g/mol. The van der Waals surface area contributed by atoms with E-state index in [1.807, 2.05) is 48.2 Å². The maximum atomic E-state index is 13.7. The molecule has 164 valence electrons. The van der Waals surface area contributed by atoms with Gasteiger partial charge in [-0.05, 0) is 73.4 Å². The van der Waals surface area contributed by atoms with Crippen LogP contribution < -0.4 is 0 Å². The van der Waals surface area contributed by atoms with E-state index in [1.54, 1.807) is 16.2 Å². The highest BCUT2D eigenvalue weighted by Gasteiger charge is 2.38. The number of rotatable bonds is 5. The summed E-state index contributed by atoms with van der Waals surface area (Å²) in [7, 11) is 0. The van der Waals surface area contributed by atoms with Gasteiger partial charge in [0.25, 0.3) is 5.91 Å². The van der Waals surface area contributed by atoms with Crippen LogP contribution >= 0.6 is 11.3 Å². The number of carbonyl (C=O) groups excluding carboxylic acids is 2. The lowest BCUT2D eigenvalue weighted by atomic mass is 9.90. The second-order valence-electron chi connectivity index (χ2n) is 8.93. The Hall–Kier alpha value is -2.92. The van der Waals surface area contributed by atoms with Crippen molar-refractivity contribution >= 4 is 23.2 Å². The molecule has 1 aliphatic heterocycles. The van der Waals surface area contributed by atoms with Crippen LogP contribution in [0.2, 0.25) is 0 Å². The van der Waals surface area contributed by atoms with Gasteiger partial charge < -0.3 is 9.80 Å². The van der Waals surface area contributed by atoms with Gasteiger partial charge in [0.1, 0.15) is 6.54 Å². The first-order chi connectivity index (χ1) is 15.5. The van der Waals surface area contributed by atoms with Crippen LogP contribution in [-0.4, -0.2) is 40.7 Å². The smallest absolute Gasteiger partial charge is 0.254 e. The van der Waals surface area contributed by atoms with E-state index in [9.17, 15) is 9.59 Å². The molecule has 1 atom stereocenters. The molecule has 2 heterocycles. The topological polar surface area (TPSA) is 40.6 Å². The Bertz CT molecular complexity index is 1150. The minimum absolute atomic E-state index is 0.0301. The molecule has 1 fully saturated rings. The highest BCUT2D eigenvalue weighted by molar-refractivity contribution is 7.10. The third-order valence-electron chi connectivity index (χ3n) is 6.62. The first-order valence-electron chi connectivity index (χ1n) is 11.3. The predicted molar refractivity (Wildman–Crippen MR) is 128 cm³/mol. The van der Waals surface area contributed by atoms with Crippen LogP contribution in [-0.2, 0) is 11.2 Å². The van der Waals surface area contributed by atoms with Crippen molar-refractivity contribution in [3.05, 3.63) is 92.7 Å². The second-order valence-corrected chi connectivity index (χ2v) is 9.93. The highest BCUT2D eigenvalue weighted by atomic mass is 32.1. The van der Waals surface area contributed by atoms with Crippen LogP contribution in [0.15, 0.2) is 60.0 Å². The summed E-state index contributed by atoms with van der Waals surface area (Å²) in [5, 5.41) is 2.13. The zero-order chi connectivity index (χ0) is 22.2. The lowest BCUT2D eigenvalue weighted by Gasteiger charge is -2.38. The van der Waals surface area contributed by atoms with Gasteiger partial charge in [-0.15, -0.1) is 11.3 Å². The summed E-state index contributed by atoms with van der Waals surface area (Å²) >= 11 is 1.77. The van der Waals surface area contributed by atoms with Gasteiger partial charge in [-0.3, -0.25) is 9.59 Å². The van der Waals surface area contributed by atoms with Crippen molar-refractivity contribution in [2.24, 2.45) is 0 Å². The fourth-order valence-corrected chi connectivity index (χ4v) is 5.57. The Labute approximate surface area is 193 Å². The lowest BCUT2D eigenvalue weighted by molar-refractivity contribution is -0.134. The molecule has 0 saturated heterocycles. The molecule has 2 aromatic carbocycles. The molecule has 2 aliphatic rings. The molecule has 1 aliphatic carbocycles. The van der Waals surface area contributed by atoms with Crippen molar-refractivity contribution < 1.29 is 9.59 Å². The Balaban J connectivity index is 1.43. The summed E-state index contributed by atoms with van der Waals surface area (Å²) in [6, 6.07) is 18.2. The molecule has 32 heavy (non-hydrogen) atoms. The molecule has 0 bridgehead atoms. The molecule has 1 saturated carbocycles. The van der Waals surface area contributed by atoms with Gasteiger partial charge in [-0.2, -0.15) is 0 Å². The molecule has 1 aromatic heterocycles. The molecule has 4 nitrogen and oxygen atoms in total. The maximum absolute atomic E-state index is 13.7. The van der Waals surface area contributed by atoms with Crippen LogP contribution in [0.25, 0.3) is 0 Å². The highest BCUT2D eigenvalue weighted by Crippen LogP contribution is 2.39. The largest absolute Gasteiger partial charge is 0.330 e. The maximum Gasteiger partial charge on any atom is 0.254 e. The lowest BCUT2D eigenvalue weighted by Crippen LogP contribution is -2.47. The van der Waals surface area contributed by atoms with Crippen molar-refractivity contribution in [1.29, 1.82) is 0 Å². The third kappa shape index (κ3) is 3.97. The number of nitrogens with zero attached hydrogens (tertiary/aromatic N) is 2. The fourth-order valence-electron chi connectivity index (χ4n) is 4.67. The Morgan fingerprint density at radius 3 is 2.47 bits per heavy atom. The summed E-state index contributed by atoms with van der Waals surface area (Å²) in [5.41, 5.74) is 5.36. The molecule has 0 radical (unpaired) electrons. The Kier molecular flexibility index (Phi) is 5.60. The van der Waals surface area contributed by atoms with Crippen LogP contribution in [0, 0.1) is 13.8 Å². The first-order valence-corrected chi connectivity index (χ1v) is 12.2. The van der Waals surface area contributed by atoms with Gasteiger partial charge in [0.05, 0.1) is 6.04 Å². The van der Waals surface area contributed by atoms with Gasteiger partial charge in [0.15, 0.2) is 0 Å². The Morgan fingerprint density at radius 2 is 1.75 bits per heavy atom. The zero-order valence-electron chi connectivity index (χ0n) is 18.6.